The molecule has 0 atom stereocenters. The minimum absolute atomic E-state index is 0.0151. The summed E-state index contributed by atoms with van der Waals surface area (Å²) < 4.78 is 39.0. The van der Waals surface area contributed by atoms with Crippen LogP contribution in [0.15, 0.2) is 23.1 Å². The van der Waals surface area contributed by atoms with E-state index >= 15 is 0 Å². The molecule has 0 aromatic heterocycles. The van der Waals surface area contributed by atoms with Gasteiger partial charge in [0, 0.05) is 18.8 Å². The maximum atomic E-state index is 13.2. The highest BCUT2D eigenvalue weighted by molar-refractivity contribution is 7.89. The second-order valence-corrected chi connectivity index (χ2v) is 6.14. The largest absolute Gasteiger partial charge is 0.399 e. The number of hydrogen-bond donors (Lipinski definition) is 2. The topological polar surface area (TPSA) is 83.6 Å². The Morgan fingerprint density at radius 1 is 1.32 bits per heavy atom. The Balaban J connectivity index is 3.10. The molecule has 7 heteroatoms. The Bertz CT molecular complexity index is 499. The average Bonchev–Trinajstić information content (AvgIpc) is 2.33. The molecule has 0 spiro atoms. The number of nitrogens with zero attached hydrogens (tertiary/aromatic N) is 1. The van der Waals surface area contributed by atoms with Crippen LogP contribution in [0, 0.1) is 5.82 Å². The van der Waals surface area contributed by atoms with E-state index in [9.17, 15) is 12.8 Å². The van der Waals surface area contributed by atoms with E-state index in [0.717, 1.165) is 22.9 Å². The highest BCUT2D eigenvalue weighted by atomic mass is 32.2. The van der Waals surface area contributed by atoms with Gasteiger partial charge in [-0.25, -0.2) is 12.8 Å². The first-order valence-electron chi connectivity index (χ1n) is 6.09. The van der Waals surface area contributed by atoms with E-state index in [2.05, 4.69) is 0 Å². The summed E-state index contributed by atoms with van der Waals surface area (Å²) in [7, 11) is -3.83. The van der Waals surface area contributed by atoms with Gasteiger partial charge in [0.05, 0.1) is 11.5 Å². The Morgan fingerprint density at radius 3 is 2.53 bits per heavy atom. The first kappa shape index (κ1) is 15.9. The molecule has 3 N–H and O–H groups in total. The van der Waals surface area contributed by atoms with Crippen LogP contribution in [0.4, 0.5) is 10.1 Å². The minimum atomic E-state index is -3.83. The van der Waals surface area contributed by atoms with Gasteiger partial charge in [-0.15, -0.1) is 0 Å². The third-order valence-electron chi connectivity index (χ3n) is 2.64. The molecule has 0 saturated carbocycles. The summed E-state index contributed by atoms with van der Waals surface area (Å²) in [6.45, 7) is 1.92. The third-order valence-corrected chi connectivity index (χ3v) is 4.52. The summed E-state index contributed by atoms with van der Waals surface area (Å²) in [5.41, 5.74) is 5.51. The Hall–Kier alpha value is -1.18. The fourth-order valence-electron chi connectivity index (χ4n) is 1.68. The number of nitrogens with two attached hydrogens (primary N) is 1. The van der Waals surface area contributed by atoms with Gasteiger partial charge in [0.15, 0.2) is 0 Å². The van der Waals surface area contributed by atoms with Crippen LogP contribution in [-0.2, 0) is 10.0 Å². The van der Waals surface area contributed by atoms with Crippen molar-refractivity contribution >= 4 is 15.7 Å². The molecule has 0 unspecified atom stereocenters. The van der Waals surface area contributed by atoms with Crippen LogP contribution >= 0.6 is 0 Å². The van der Waals surface area contributed by atoms with Crippen LogP contribution in [0.25, 0.3) is 0 Å². The minimum Gasteiger partial charge on any atom is -0.399 e. The zero-order valence-corrected chi connectivity index (χ0v) is 11.7. The van der Waals surface area contributed by atoms with E-state index in [1.807, 2.05) is 6.92 Å². The predicted octanol–water partition coefficient (Wildman–Crippen LogP) is 1.19. The lowest BCUT2D eigenvalue weighted by Gasteiger charge is -2.21. The van der Waals surface area contributed by atoms with Gasteiger partial charge in [0.1, 0.15) is 5.82 Å². The summed E-state index contributed by atoms with van der Waals surface area (Å²) in [6, 6.07) is 3.21. The molecule has 0 fully saturated rings. The highest BCUT2D eigenvalue weighted by Gasteiger charge is 2.24. The molecule has 0 aliphatic carbocycles. The summed E-state index contributed by atoms with van der Waals surface area (Å²) in [5.74, 6) is -0.696. The zero-order chi connectivity index (χ0) is 14.5. The second-order valence-electron chi connectivity index (χ2n) is 4.20. The number of nitrogen functional groups attached to an aromatic ring is 1. The molecule has 19 heavy (non-hydrogen) atoms. The number of aliphatic hydroxyl groups excluding tert-OH is 1. The van der Waals surface area contributed by atoms with E-state index < -0.39 is 15.8 Å². The molecule has 0 aliphatic heterocycles. The normalized spacial score (nSPS) is 12.0. The number of aliphatic hydroxyl groups is 1. The van der Waals surface area contributed by atoms with Gasteiger partial charge in [-0.3, -0.25) is 0 Å². The summed E-state index contributed by atoms with van der Waals surface area (Å²) in [6.07, 6.45) is 1.49. The lowest BCUT2D eigenvalue weighted by atomic mass is 10.3. The van der Waals surface area contributed by atoms with Crippen molar-refractivity contribution in [3.05, 3.63) is 24.0 Å². The monoisotopic (exact) mass is 290 g/mol. The van der Waals surface area contributed by atoms with Gasteiger partial charge in [0.25, 0.3) is 0 Å². The Kier molecular flexibility index (Phi) is 5.71. The molecule has 0 bridgehead atoms. The second kappa shape index (κ2) is 6.83. The fourth-order valence-corrected chi connectivity index (χ4v) is 3.22. The van der Waals surface area contributed by atoms with E-state index in [0.29, 0.717) is 6.42 Å². The maximum absolute atomic E-state index is 13.2. The molecular weight excluding hydrogens is 271 g/mol. The van der Waals surface area contributed by atoms with E-state index in [4.69, 9.17) is 10.8 Å². The zero-order valence-electron chi connectivity index (χ0n) is 10.8. The molecular formula is C12H19FN2O3S. The van der Waals surface area contributed by atoms with Gasteiger partial charge in [-0.1, -0.05) is 13.3 Å². The average molecular weight is 290 g/mol. The van der Waals surface area contributed by atoms with Crippen molar-refractivity contribution in [2.45, 2.75) is 24.7 Å². The molecule has 0 amide bonds. The number of anilines is 1. The van der Waals surface area contributed by atoms with Crippen LogP contribution in [-0.4, -0.2) is 37.5 Å². The van der Waals surface area contributed by atoms with E-state index in [-0.39, 0.29) is 30.3 Å². The summed E-state index contributed by atoms with van der Waals surface area (Å²) in [4.78, 5) is -0.186. The van der Waals surface area contributed by atoms with Crippen LogP contribution in [0.1, 0.15) is 19.8 Å². The van der Waals surface area contributed by atoms with Crippen molar-refractivity contribution in [1.82, 2.24) is 4.31 Å². The van der Waals surface area contributed by atoms with Crippen molar-refractivity contribution in [3.63, 3.8) is 0 Å². The van der Waals surface area contributed by atoms with Crippen molar-refractivity contribution in [2.24, 2.45) is 0 Å². The highest BCUT2D eigenvalue weighted by Crippen LogP contribution is 2.20. The molecule has 1 aromatic carbocycles. The smallest absolute Gasteiger partial charge is 0.243 e. The van der Waals surface area contributed by atoms with Gasteiger partial charge in [-0.05, 0) is 24.6 Å². The Labute approximate surface area is 112 Å². The van der Waals surface area contributed by atoms with Crippen molar-refractivity contribution in [3.8, 4) is 0 Å². The lowest BCUT2D eigenvalue weighted by Crippen LogP contribution is -2.34. The fraction of sp³-hybridized carbons (Fsp3) is 0.500. The number of hydrogen-bond acceptors (Lipinski definition) is 4. The molecule has 5 nitrogen and oxygen atoms in total. The standard InChI is InChI=1S/C12H19FN2O3S/c1-2-3-4-15(5-6-16)19(17,18)12-8-10(13)7-11(14)9-12/h7-9,16H,2-6,14H2,1H3. The molecule has 1 rings (SSSR count). The van der Waals surface area contributed by atoms with Gasteiger partial charge >= 0.3 is 0 Å². The van der Waals surface area contributed by atoms with Crippen LogP contribution in [0.5, 0.6) is 0 Å². The quantitative estimate of drug-likeness (QED) is 0.739. The number of benzene rings is 1. The lowest BCUT2D eigenvalue weighted by molar-refractivity contribution is 0.252. The number of halogens is 1. The SMILES string of the molecule is CCCCN(CCO)S(=O)(=O)c1cc(N)cc(F)c1. The van der Waals surface area contributed by atoms with E-state index in [1.54, 1.807) is 0 Å². The number of unbranched alkanes of at least 4 members (excludes halogenated alkanes) is 1. The van der Waals surface area contributed by atoms with Crippen molar-refractivity contribution in [1.29, 1.82) is 0 Å². The summed E-state index contributed by atoms with van der Waals surface area (Å²) in [5, 5.41) is 8.95. The van der Waals surface area contributed by atoms with Crippen molar-refractivity contribution < 1.29 is 17.9 Å². The maximum Gasteiger partial charge on any atom is 0.243 e. The molecule has 108 valence electrons. The molecule has 0 radical (unpaired) electrons. The third kappa shape index (κ3) is 4.15. The molecule has 0 heterocycles. The first-order valence-corrected chi connectivity index (χ1v) is 7.53. The van der Waals surface area contributed by atoms with Gasteiger partial charge in [-0.2, -0.15) is 4.31 Å². The first-order chi connectivity index (χ1) is 8.91. The molecule has 0 aliphatic rings. The molecule has 1 aromatic rings. The van der Waals surface area contributed by atoms with Crippen molar-refractivity contribution in [2.75, 3.05) is 25.4 Å². The van der Waals surface area contributed by atoms with Gasteiger partial charge < -0.3 is 10.8 Å². The Morgan fingerprint density at radius 2 is 2.00 bits per heavy atom. The number of sulfonamides is 1. The van der Waals surface area contributed by atoms with E-state index in [1.165, 1.54) is 6.07 Å². The predicted molar refractivity (Wildman–Crippen MR) is 71.6 cm³/mol. The van der Waals surface area contributed by atoms with Crippen LogP contribution in [0.3, 0.4) is 0 Å². The van der Waals surface area contributed by atoms with Crippen LogP contribution < -0.4 is 5.73 Å². The summed E-state index contributed by atoms with van der Waals surface area (Å²) >= 11 is 0. The number of rotatable bonds is 7. The molecule has 0 saturated heterocycles. The van der Waals surface area contributed by atoms with Gasteiger partial charge in [0.2, 0.25) is 10.0 Å². The van der Waals surface area contributed by atoms with Crippen LogP contribution in [0.2, 0.25) is 0 Å².